The molecule has 3 amide bonds. The van der Waals surface area contributed by atoms with E-state index in [0.29, 0.717) is 30.8 Å². The third kappa shape index (κ3) is 6.21. The van der Waals surface area contributed by atoms with Gasteiger partial charge in [0, 0.05) is 36.7 Å². The molecule has 0 saturated heterocycles. The summed E-state index contributed by atoms with van der Waals surface area (Å²) in [6.45, 7) is 2.78. The average Bonchev–Trinajstić information content (AvgIpc) is 3.14. The topological polar surface area (TPSA) is 87.3 Å². The van der Waals surface area contributed by atoms with Gasteiger partial charge in [-0.2, -0.15) is 0 Å². The summed E-state index contributed by atoms with van der Waals surface area (Å²) in [6.07, 6.45) is 5.48. The number of rotatable bonds is 8. The van der Waals surface area contributed by atoms with Gasteiger partial charge >= 0.3 is 0 Å². The summed E-state index contributed by atoms with van der Waals surface area (Å²) in [6, 6.07) is 6.77. The summed E-state index contributed by atoms with van der Waals surface area (Å²) >= 11 is 0. The fraction of sp³-hybridized carbons (Fsp3) is 0.526. The molecule has 1 aromatic carbocycles. The number of benzene rings is 1. The van der Waals surface area contributed by atoms with Crippen molar-refractivity contribution in [2.45, 2.75) is 45.4 Å². The van der Waals surface area contributed by atoms with E-state index in [1.54, 1.807) is 24.3 Å². The second-order valence-corrected chi connectivity index (χ2v) is 6.40. The zero-order valence-electron chi connectivity index (χ0n) is 14.8. The smallest absolute Gasteiger partial charge is 0.251 e. The molecule has 6 heteroatoms. The minimum Gasteiger partial charge on any atom is -0.354 e. The molecule has 3 N–H and O–H groups in total. The Hall–Kier alpha value is -2.37. The molecule has 0 bridgehead atoms. The quantitative estimate of drug-likeness (QED) is 0.633. The number of carbonyl (C=O) groups excluding carboxylic acids is 3. The van der Waals surface area contributed by atoms with Gasteiger partial charge in [0.1, 0.15) is 0 Å². The first-order valence-electron chi connectivity index (χ1n) is 9.06. The summed E-state index contributed by atoms with van der Waals surface area (Å²) in [5, 5.41) is 8.44. The van der Waals surface area contributed by atoms with Crippen LogP contribution < -0.4 is 16.0 Å². The van der Waals surface area contributed by atoms with Gasteiger partial charge in [-0.3, -0.25) is 14.4 Å². The molecule has 1 aliphatic carbocycles. The third-order valence-corrected chi connectivity index (χ3v) is 4.34. The van der Waals surface area contributed by atoms with Crippen molar-refractivity contribution in [3.63, 3.8) is 0 Å². The van der Waals surface area contributed by atoms with Crippen molar-refractivity contribution >= 4 is 23.4 Å². The lowest BCUT2D eigenvalue weighted by molar-refractivity contribution is -0.124. The largest absolute Gasteiger partial charge is 0.354 e. The van der Waals surface area contributed by atoms with Gasteiger partial charge in [-0.25, -0.2) is 0 Å². The third-order valence-electron chi connectivity index (χ3n) is 4.34. The summed E-state index contributed by atoms with van der Waals surface area (Å²) in [4.78, 5) is 35.5. The molecule has 1 saturated carbocycles. The highest BCUT2D eigenvalue weighted by molar-refractivity contribution is 5.95. The van der Waals surface area contributed by atoms with E-state index in [-0.39, 0.29) is 23.6 Å². The van der Waals surface area contributed by atoms with E-state index in [9.17, 15) is 14.4 Å². The van der Waals surface area contributed by atoms with Crippen LogP contribution in [0.4, 0.5) is 5.69 Å². The zero-order valence-corrected chi connectivity index (χ0v) is 14.8. The Morgan fingerprint density at radius 2 is 1.64 bits per heavy atom. The Kier molecular flexibility index (Phi) is 7.44. The molecule has 0 aromatic heterocycles. The Labute approximate surface area is 148 Å². The van der Waals surface area contributed by atoms with Crippen LogP contribution in [0, 0.1) is 5.92 Å². The maximum absolute atomic E-state index is 12.1. The van der Waals surface area contributed by atoms with E-state index in [1.165, 1.54) is 0 Å². The van der Waals surface area contributed by atoms with Crippen LogP contribution in [0.2, 0.25) is 0 Å². The first-order chi connectivity index (χ1) is 12.1. The van der Waals surface area contributed by atoms with E-state index < -0.39 is 0 Å². The van der Waals surface area contributed by atoms with Crippen LogP contribution in [0.3, 0.4) is 0 Å². The van der Waals surface area contributed by atoms with Crippen LogP contribution >= 0.6 is 0 Å². The molecule has 25 heavy (non-hydrogen) atoms. The van der Waals surface area contributed by atoms with E-state index in [0.717, 1.165) is 32.1 Å². The molecular formula is C19H27N3O3. The van der Waals surface area contributed by atoms with Gasteiger partial charge in [0.05, 0.1) is 0 Å². The number of hydrogen-bond donors (Lipinski definition) is 3. The van der Waals surface area contributed by atoms with Gasteiger partial charge in [-0.05, 0) is 43.5 Å². The molecule has 0 spiro atoms. The molecule has 0 heterocycles. The zero-order chi connectivity index (χ0) is 18.1. The Morgan fingerprint density at radius 3 is 2.28 bits per heavy atom. The lowest BCUT2D eigenvalue weighted by Gasteiger charge is -2.11. The molecular weight excluding hydrogens is 318 g/mol. The van der Waals surface area contributed by atoms with Crippen molar-refractivity contribution in [1.29, 1.82) is 0 Å². The number of nitrogens with one attached hydrogen (secondary N) is 3. The molecule has 0 atom stereocenters. The predicted octanol–water partition coefficient (Wildman–Crippen LogP) is 2.46. The van der Waals surface area contributed by atoms with Gasteiger partial charge in [0.2, 0.25) is 11.8 Å². The minimum absolute atomic E-state index is 0.0299. The molecule has 1 aliphatic rings. The van der Waals surface area contributed by atoms with Crippen molar-refractivity contribution in [3.8, 4) is 0 Å². The second-order valence-electron chi connectivity index (χ2n) is 6.40. The molecule has 6 nitrogen and oxygen atoms in total. The van der Waals surface area contributed by atoms with Gasteiger partial charge in [-0.15, -0.1) is 0 Å². The standard InChI is InChI=1S/C19H27N3O3/c1-2-5-17(23)22-16-10-8-15(9-11-16)19(25)21-13-12-20-18(24)14-6-3-4-7-14/h8-11,14H,2-7,12-13H2,1H3,(H,20,24)(H,21,25)(H,22,23). The minimum atomic E-state index is -0.193. The maximum Gasteiger partial charge on any atom is 0.251 e. The van der Waals surface area contributed by atoms with Crippen LogP contribution in [0.1, 0.15) is 55.8 Å². The second kappa shape index (κ2) is 9.81. The van der Waals surface area contributed by atoms with E-state index >= 15 is 0 Å². The van der Waals surface area contributed by atoms with E-state index in [4.69, 9.17) is 0 Å². The molecule has 1 aromatic rings. The van der Waals surface area contributed by atoms with Crippen molar-refractivity contribution in [2.24, 2.45) is 5.92 Å². The SMILES string of the molecule is CCCC(=O)Nc1ccc(C(=O)NCCNC(=O)C2CCCC2)cc1. The van der Waals surface area contributed by atoms with Crippen LogP contribution in [0.15, 0.2) is 24.3 Å². The van der Waals surface area contributed by atoms with Crippen LogP contribution in [-0.4, -0.2) is 30.8 Å². The molecule has 136 valence electrons. The molecule has 0 aliphatic heterocycles. The highest BCUT2D eigenvalue weighted by atomic mass is 16.2. The molecule has 0 radical (unpaired) electrons. The van der Waals surface area contributed by atoms with E-state index in [2.05, 4.69) is 16.0 Å². The van der Waals surface area contributed by atoms with E-state index in [1.807, 2.05) is 6.92 Å². The van der Waals surface area contributed by atoms with Crippen molar-refractivity contribution in [1.82, 2.24) is 10.6 Å². The Balaban J connectivity index is 1.69. The highest BCUT2D eigenvalue weighted by Crippen LogP contribution is 2.24. The van der Waals surface area contributed by atoms with Gasteiger partial charge in [-0.1, -0.05) is 19.8 Å². The maximum atomic E-state index is 12.1. The predicted molar refractivity (Wildman–Crippen MR) is 97.3 cm³/mol. The van der Waals surface area contributed by atoms with Gasteiger partial charge in [0.15, 0.2) is 0 Å². The van der Waals surface area contributed by atoms with Crippen LogP contribution in [-0.2, 0) is 9.59 Å². The summed E-state index contributed by atoms with van der Waals surface area (Å²) in [7, 11) is 0. The fourth-order valence-electron chi connectivity index (χ4n) is 2.95. The highest BCUT2D eigenvalue weighted by Gasteiger charge is 2.21. The van der Waals surface area contributed by atoms with Crippen molar-refractivity contribution in [2.75, 3.05) is 18.4 Å². The number of amides is 3. The summed E-state index contributed by atoms with van der Waals surface area (Å²) in [5.74, 6) is 0.0179. The molecule has 1 fully saturated rings. The van der Waals surface area contributed by atoms with Crippen LogP contribution in [0.5, 0.6) is 0 Å². The number of anilines is 1. The Bertz CT molecular complexity index is 592. The number of hydrogen-bond acceptors (Lipinski definition) is 3. The van der Waals surface area contributed by atoms with Gasteiger partial charge < -0.3 is 16.0 Å². The fourth-order valence-corrected chi connectivity index (χ4v) is 2.95. The van der Waals surface area contributed by atoms with Crippen molar-refractivity contribution in [3.05, 3.63) is 29.8 Å². The summed E-state index contributed by atoms with van der Waals surface area (Å²) < 4.78 is 0. The first kappa shape index (κ1) is 19.0. The summed E-state index contributed by atoms with van der Waals surface area (Å²) in [5.41, 5.74) is 1.20. The number of carbonyl (C=O) groups is 3. The lowest BCUT2D eigenvalue weighted by atomic mass is 10.1. The Morgan fingerprint density at radius 1 is 1.00 bits per heavy atom. The normalized spacial score (nSPS) is 14.1. The monoisotopic (exact) mass is 345 g/mol. The van der Waals surface area contributed by atoms with Gasteiger partial charge in [0.25, 0.3) is 5.91 Å². The molecule has 0 unspecified atom stereocenters. The lowest BCUT2D eigenvalue weighted by Crippen LogP contribution is -2.37. The average molecular weight is 345 g/mol. The first-order valence-corrected chi connectivity index (χ1v) is 9.06. The van der Waals surface area contributed by atoms with Crippen molar-refractivity contribution < 1.29 is 14.4 Å². The van der Waals surface area contributed by atoms with Crippen LogP contribution in [0.25, 0.3) is 0 Å². The molecule has 2 rings (SSSR count).